The first kappa shape index (κ1) is 19.1. The molecule has 1 heterocycles. The first-order valence-electron chi connectivity index (χ1n) is 11.5. The summed E-state index contributed by atoms with van der Waals surface area (Å²) in [6.07, 6.45) is 12.2. The van der Waals surface area contributed by atoms with Crippen molar-refractivity contribution >= 4 is 44.7 Å². The van der Waals surface area contributed by atoms with Crippen molar-refractivity contribution in [2.24, 2.45) is 0 Å². The van der Waals surface area contributed by atoms with Crippen LogP contribution in [0.25, 0.3) is 55.8 Å². The summed E-state index contributed by atoms with van der Waals surface area (Å²) in [5, 5.41) is 6.48. The van der Waals surface area contributed by atoms with E-state index in [2.05, 4.69) is 98.8 Å². The molecule has 0 amide bonds. The predicted molar refractivity (Wildman–Crippen MR) is 138 cm³/mol. The first-order valence-corrected chi connectivity index (χ1v) is 11.5. The van der Waals surface area contributed by atoms with Crippen molar-refractivity contribution in [3.8, 4) is 11.1 Å². The molecular formula is C31H26O. The van der Waals surface area contributed by atoms with Gasteiger partial charge < -0.3 is 4.42 Å². The average molecular weight is 415 g/mol. The Morgan fingerprint density at radius 1 is 0.812 bits per heavy atom. The van der Waals surface area contributed by atoms with Crippen LogP contribution in [0.4, 0.5) is 0 Å². The quantitative estimate of drug-likeness (QED) is 0.262. The van der Waals surface area contributed by atoms with Crippen molar-refractivity contribution in [2.45, 2.75) is 33.1 Å². The van der Waals surface area contributed by atoms with Crippen molar-refractivity contribution < 1.29 is 4.42 Å². The maximum Gasteiger partial charge on any atom is 0.134 e. The highest BCUT2D eigenvalue weighted by Gasteiger charge is 2.15. The molecule has 1 heteroatoms. The highest BCUT2D eigenvalue weighted by Crippen LogP contribution is 2.38. The van der Waals surface area contributed by atoms with Crippen molar-refractivity contribution in [3.63, 3.8) is 0 Å². The number of hydrogen-bond acceptors (Lipinski definition) is 1. The fraction of sp³-hybridized carbons (Fsp3) is 0.161. The summed E-state index contributed by atoms with van der Waals surface area (Å²) < 4.78 is 6.19. The van der Waals surface area contributed by atoms with Crippen LogP contribution >= 0.6 is 0 Å². The standard InChI is InChI=1S/C31H26O/c1-3-9-23-20(2)24-10-7-8-11-25(24)28-18-21(14-16-26(23)28)22-15-17-31-29(19-22)27-12-5-4-6-13-30(27)32-31/h3,5,7-12,14-19H,4,6,13H2,1-2H3/b9-3-. The van der Waals surface area contributed by atoms with Gasteiger partial charge in [-0.05, 0) is 88.7 Å². The summed E-state index contributed by atoms with van der Waals surface area (Å²) in [4.78, 5) is 0. The Kier molecular flexibility index (Phi) is 4.50. The van der Waals surface area contributed by atoms with Gasteiger partial charge in [0.25, 0.3) is 0 Å². The molecule has 0 N–H and O–H groups in total. The Labute approximate surface area is 188 Å². The van der Waals surface area contributed by atoms with Crippen LogP contribution in [-0.2, 0) is 6.42 Å². The average Bonchev–Trinajstić information content (AvgIpc) is 3.01. The number of aryl methyl sites for hydroxylation is 2. The molecule has 0 aliphatic heterocycles. The van der Waals surface area contributed by atoms with Gasteiger partial charge in [0.05, 0.1) is 0 Å². The molecule has 4 aromatic carbocycles. The van der Waals surface area contributed by atoms with E-state index in [1.165, 1.54) is 54.7 Å². The fourth-order valence-corrected chi connectivity index (χ4v) is 5.25. The molecule has 0 unspecified atom stereocenters. The van der Waals surface area contributed by atoms with Crippen molar-refractivity contribution in [1.29, 1.82) is 0 Å². The second kappa shape index (κ2) is 7.53. The van der Waals surface area contributed by atoms with Gasteiger partial charge in [-0.2, -0.15) is 0 Å². The van der Waals surface area contributed by atoms with Crippen LogP contribution < -0.4 is 0 Å². The Morgan fingerprint density at radius 2 is 1.59 bits per heavy atom. The maximum absolute atomic E-state index is 6.19. The van der Waals surface area contributed by atoms with Crippen molar-refractivity contribution in [1.82, 2.24) is 0 Å². The van der Waals surface area contributed by atoms with E-state index in [1.54, 1.807) is 0 Å². The van der Waals surface area contributed by atoms with Gasteiger partial charge in [0.1, 0.15) is 11.3 Å². The number of rotatable bonds is 2. The SMILES string of the molecule is C/C=C\c1c(C)c2ccccc2c2cc(-c3ccc4oc5c(c4c3)C=CCCC5)ccc12. The van der Waals surface area contributed by atoms with Gasteiger partial charge in [-0.3, -0.25) is 0 Å². The third-order valence-corrected chi connectivity index (χ3v) is 6.86. The molecule has 0 saturated carbocycles. The zero-order chi connectivity index (χ0) is 21.7. The molecule has 0 radical (unpaired) electrons. The molecule has 0 fully saturated rings. The molecule has 0 spiro atoms. The van der Waals surface area contributed by atoms with E-state index in [-0.39, 0.29) is 0 Å². The third kappa shape index (κ3) is 2.92. The lowest BCUT2D eigenvalue weighted by atomic mass is 9.90. The van der Waals surface area contributed by atoms with E-state index in [0.29, 0.717) is 0 Å². The van der Waals surface area contributed by atoms with Gasteiger partial charge in [0, 0.05) is 17.4 Å². The summed E-state index contributed by atoms with van der Waals surface area (Å²) in [7, 11) is 0. The zero-order valence-corrected chi connectivity index (χ0v) is 18.6. The fourth-order valence-electron chi connectivity index (χ4n) is 5.25. The van der Waals surface area contributed by atoms with E-state index < -0.39 is 0 Å². The molecule has 0 atom stereocenters. The van der Waals surface area contributed by atoms with Gasteiger partial charge in [0.2, 0.25) is 0 Å². The van der Waals surface area contributed by atoms with Crippen LogP contribution in [0.1, 0.15) is 42.2 Å². The molecule has 0 saturated heterocycles. The highest BCUT2D eigenvalue weighted by atomic mass is 16.3. The van der Waals surface area contributed by atoms with Gasteiger partial charge in [-0.25, -0.2) is 0 Å². The first-order chi connectivity index (χ1) is 15.7. The summed E-state index contributed by atoms with van der Waals surface area (Å²) in [5.74, 6) is 1.13. The topological polar surface area (TPSA) is 13.1 Å². The number of fused-ring (bicyclic) bond motifs is 6. The van der Waals surface area contributed by atoms with Crippen LogP contribution in [0, 0.1) is 6.92 Å². The summed E-state index contributed by atoms with van der Waals surface area (Å²) >= 11 is 0. The lowest BCUT2D eigenvalue weighted by molar-refractivity contribution is 0.540. The normalized spacial score (nSPS) is 13.9. The minimum Gasteiger partial charge on any atom is -0.460 e. The van der Waals surface area contributed by atoms with E-state index in [0.717, 1.165) is 30.6 Å². The Morgan fingerprint density at radius 3 is 2.44 bits per heavy atom. The molecule has 0 bridgehead atoms. The van der Waals surface area contributed by atoms with E-state index in [1.807, 2.05) is 0 Å². The molecule has 1 aliphatic rings. The molecule has 1 nitrogen and oxygen atoms in total. The van der Waals surface area contributed by atoms with Gasteiger partial charge in [-0.1, -0.05) is 66.8 Å². The molecule has 156 valence electrons. The maximum atomic E-state index is 6.19. The molecule has 1 aliphatic carbocycles. The smallest absolute Gasteiger partial charge is 0.134 e. The summed E-state index contributed by atoms with van der Waals surface area (Å²) in [5.41, 5.74) is 7.38. The lowest BCUT2D eigenvalue weighted by Gasteiger charge is -2.14. The van der Waals surface area contributed by atoms with Crippen molar-refractivity contribution in [2.75, 3.05) is 0 Å². The highest BCUT2D eigenvalue weighted by molar-refractivity contribution is 6.13. The summed E-state index contributed by atoms with van der Waals surface area (Å²) in [6.45, 7) is 4.32. The Hall–Kier alpha value is -3.58. The monoisotopic (exact) mass is 414 g/mol. The van der Waals surface area contributed by atoms with Gasteiger partial charge in [-0.15, -0.1) is 0 Å². The van der Waals surface area contributed by atoms with Crippen LogP contribution in [0.3, 0.4) is 0 Å². The van der Waals surface area contributed by atoms with Crippen molar-refractivity contribution in [3.05, 3.63) is 95.3 Å². The molecule has 6 rings (SSSR count). The van der Waals surface area contributed by atoms with Crippen LogP contribution in [0.5, 0.6) is 0 Å². The van der Waals surface area contributed by atoms with E-state index in [4.69, 9.17) is 4.42 Å². The number of benzene rings is 4. The molecule has 32 heavy (non-hydrogen) atoms. The molecular weight excluding hydrogens is 388 g/mol. The molecule has 5 aromatic rings. The predicted octanol–water partition coefficient (Wildman–Crippen LogP) is 9.10. The lowest BCUT2D eigenvalue weighted by Crippen LogP contribution is -1.90. The number of hydrogen-bond donors (Lipinski definition) is 0. The van der Waals surface area contributed by atoms with Gasteiger partial charge in [0.15, 0.2) is 0 Å². The van der Waals surface area contributed by atoms with Gasteiger partial charge >= 0.3 is 0 Å². The van der Waals surface area contributed by atoms with Crippen LogP contribution in [-0.4, -0.2) is 0 Å². The Balaban J connectivity index is 1.60. The largest absolute Gasteiger partial charge is 0.460 e. The number of furan rings is 1. The van der Waals surface area contributed by atoms with E-state index in [9.17, 15) is 0 Å². The minimum absolute atomic E-state index is 0.988. The zero-order valence-electron chi connectivity index (χ0n) is 18.6. The third-order valence-electron chi connectivity index (χ3n) is 6.86. The number of allylic oxidation sites excluding steroid dienone is 2. The Bertz CT molecular complexity index is 1560. The second-order valence-electron chi connectivity index (χ2n) is 8.79. The molecule has 1 aromatic heterocycles. The van der Waals surface area contributed by atoms with Crippen LogP contribution in [0.2, 0.25) is 0 Å². The minimum atomic E-state index is 0.988. The van der Waals surface area contributed by atoms with E-state index >= 15 is 0 Å². The summed E-state index contributed by atoms with van der Waals surface area (Å²) in [6, 6.07) is 22.3. The van der Waals surface area contributed by atoms with Crippen LogP contribution in [0.15, 0.2) is 77.2 Å². The second-order valence-corrected chi connectivity index (χ2v) is 8.79.